The second kappa shape index (κ2) is 3.81. The molecule has 80 valence electrons. The minimum Gasteiger partial charge on any atom is -0.492 e. The van der Waals surface area contributed by atoms with E-state index < -0.39 is 0 Å². The summed E-state index contributed by atoms with van der Waals surface area (Å²) in [5, 5.41) is 1.10. The molecule has 1 aromatic heterocycles. The van der Waals surface area contributed by atoms with Crippen molar-refractivity contribution in [2.45, 2.75) is 27.7 Å². The van der Waals surface area contributed by atoms with Crippen molar-refractivity contribution in [3.63, 3.8) is 0 Å². The minimum absolute atomic E-state index is 0.703. The zero-order chi connectivity index (χ0) is 11.0. The summed E-state index contributed by atoms with van der Waals surface area (Å²) in [5.74, 6) is 0.973. The fourth-order valence-electron chi connectivity index (χ4n) is 1.67. The monoisotopic (exact) mass is 221 g/mol. The summed E-state index contributed by atoms with van der Waals surface area (Å²) in [6.07, 6.45) is 0. The molecule has 0 saturated heterocycles. The van der Waals surface area contributed by atoms with Gasteiger partial charge in [-0.25, -0.2) is 4.98 Å². The van der Waals surface area contributed by atoms with Crippen LogP contribution in [-0.4, -0.2) is 11.6 Å². The van der Waals surface area contributed by atoms with Gasteiger partial charge in [0.1, 0.15) is 5.75 Å². The Labute approximate surface area is 93.9 Å². The van der Waals surface area contributed by atoms with Crippen LogP contribution >= 0.6 is 11.3 Å². The first kappa shape index (κ1) is 10.4. The van der Waals surface area contributed by atoms with Crippen LogP contribution < -0.4 is 4.74 Å². The molecule has 0 amide bonds. The molecular formula is C12H15NOS. The van der Waals surface area contributed by atoms with Gasteiger partial charge in [-0.05, 0) is 44.9 Å². The Morgan fingerprint density at radius 3 is 2.73 bits per heavy atom. The van der Waals surface area contributed by atoms with E-state index in [4.69, 9.17) is 4.74 Å². The molecule has 15 heavy (non-hydrogen) atoms. The number of thiazole rings is 1. The van der Waals surface area contributed by atoms with Gasteiger partial charge in [-0.1, -0.05) is 0 Å². The number of nitrogens with zero attached hydrogens (tertiary/aromatic N) is 1. The van der Waals surface area contributed by atoms with Crippen LogP contribution in [0.15, 0.2) is 6.07 Å². The van der Waals surface area contributed by atoms with Gasteiger partial charge in [0, 0.05) is 0 Å². The number of rotatable bonds is 2. The molecule has 0 N–H and O–H groups in total. The highest BCUT2D eigenvalue weighted by atomic mass is 32.1. The summed E-state index contributed by atoms with van der Waals surface area (Å²) in [5.41, 5.74) is 3.61. The quantitative estimate of drug-likeness (QED) is 0.772. The Hall–Kier alpha value is -1.09. The summed E-state index contributed by atoms with van der Waals surface area (Å²) < 4.78 is 6.82. The lowest BCUT2D eigenvalue weighted by molar-refractivity contribution is 0.344. The van der Waals surface area contributed by atoms with Gasteiger partial charge in [-0.2, -0.15) is 0 Å². The second-order valence-corrected chi connectivity index (χ2v) is 4.86. The van der Waals surface area contributed by atoms with Crippen LogP contribution in [-0.2, 0) is 0 Å². The largest absolute Gasteiger partial charge is 0.492 e. The first-order chi connectivity index (χ1) is 7.13. The smallest absolute Gasteiger partial charge is 0.139 e. The fraction of sp³-hybridized carbons (Fsp3) is 0.417. The highest BCUT2D eigenvalue weighted by molar-refractivity contribution is 7.18. The number of aryl methyl sites for hydroxylation is 3. The molecule has 0 aliphatic rings. The zero-order valence-corrected chi connectivity index (χ0v) is 10.4. The van der Waals surface area contributed by atoms with Crippen molar-refractivity contribution >= 4 is 21.6 Å². The van der Waals surface area contributed by atoms with Crippen LogP contribution in [0.1, 0.15) is 23.1 Å². The second-order valence-electron chi connectivity index (χ2n) is 3.66. The lowest BCUT2D eigenvalue weighted by Crippen LogP contribution is -1.93. The van der Waals surface area contributed by atoms with Gasteiger partial charge < -0.3 is 4.74 Å². The average molecular weight is 221 g/mol. The molecule has 2 nitrogen and oxygen atoms in total. The third-order valence-corrected chi connectivity index (χ3v) is 3.54. The Balaban J connectivity index is 2.75. The van der Waals surface area contributed by atoms with Gasteiger partial charge in [0.2, 0.25) is 0 Å². The van der Waals surface area contributed by atoms with E-state index in [-0.39, 0.29) is 0 Å². The number of benzene rings is 1. The van der Waals surface area contributed by atoms with Crippen molar-refractivity contribution in [2.24, 2.45) is 0 Å². The Morgan fingerprint density at radius 2 is 2.07 bits per heavy atom. The molecule has 0 fully saturated rings. The molecule has 2 rings (SSSR count). The van der Waals surface area contributed by atoms with Crippen molar-refractivity contribution in [2.75, 3.05) is 6.61 Å². The number of hydrogen-bond acceptors (Lipinski definition) is 3. The summed E-state index contributed by atoms with van der Waals surface area (Å²) in [6.45, 7) is 8.97. The Bertz CT molecular complexity index is 502. The van der Waals surface area contributed by atoms with E-state index >= 15 is 0 Å². The maximum absolute atomic E-state index is 5.64. The van der Waals surface area contributed by atoms with Crippen LogP contribution in [0.2, 0.25) is 0 Å². The van der Waals surface area contributed by atoms with Crippen molar-refractivity contribution in [1.82, 2.24) is 4.98 Å². The fourth-order valence-corrected chi connectivity index (χ4v) is 2.61. The van der Waals surface area contributed by atoms with Crippen molar-refractivity contribution < 1.29 is 4.74 Å². The van der Waals surface area contributed by atoms with Gasteiger partial charge in [-0.3, -0.25) is 0 Å². The number of aromatic nitrogens is 1. The number of hydrogen-bond donors (Lipinski definition) is 0. The van der Waals surface area contributed by atoms with Crippen LogP contribution in [0.3, 0.4) is 0 Å². The Morgan fingerprint density at radius 1 is 1.33 bits per heavy atom. The molecule has 0 saturated carbocycles. The van der Waals surface area contributed by atoms with Crippen LogP contribution in [0.4, 0.5) is 0 Å². The van der Waals surface area contributed by atoms with Gasteiger partial charge >= 0.3 is 0 Å². The topological polar surface area (TPSA) is 22.1 Å². The van der Waals surface area contributed by atoms with Gasteiger partial charge in [-0.15, -0.1) is 11.3 Å². The third-order valence-electron chi connectivity index (χ3n) is 2.55. The van der Waals surface area contributed by atoms with E-state index in [9.17, 15) is 0 Å². The predicted octanol–water partition coefficient (Wildman–Crippen LogP) is 3.62. The lowest BCUT2D eigenvalue weighted by Gasteiger charge is -2.07. The van der Waals surface area contributed by atoms with Crippen LogP contribution in [0.25, 0.3) is 10.2 Å². The zero-order valence-electron chi connectivity index (χ0n) is 9.55. The molecule has 2 aromatic rings. The molecule has 0 unspecified atom stereocenters. The molecular weight excluding hydrogens is 206 g/mol. The van der Waals surface area contributed by atoms with Gasteiger partial charge in [0.25, 0.3) is 0 Å². The molecule has 1 aromatic carbocycles. The van der Waals surface area contributed by atoms with Crippen LogP contribution in [0.5, 0.6) is 5.75 Å². The Kier molecular flexibility index (Phi) is 2.65. The molecule has 3 heteroatoms. The highest BCUT2D eigenvalue weighted by Crippen LogP contribution is 2.34. The first-order valence-electron chi connectivity index (χ1n) is 5.13. The van der Waals surface area contributed by atoms with Gasteiger partial charge in [0.05, 0.1) is 21.8 Å². The van der Waals surface area contributed by atoms with Crippen molar-refractivity contribution in [3.05, 3.63) is 22.2 Å². The first-order valence-corrected chi connectivity index (χ1v) is 5.95. The van der Waals surface area contributed by atoms with Crippen molar-refractivity contribution in [1.29, 1.82) is 0 Å². The van der Waals surface area contributed by atoms with E-state index in [1.165, 1.54) is 15.8 Å². The maximum atomic E-state index is 5.64. The summed E-state index contributed by atoms with van der Waals surface area (Å²) in [7, 11) is 0. The number of fused-ring (bicyclic) bond motifs is 1. The van der Waals surface area contributed by atoms with E-state index in [2.05, 4.69) is 24.9 Å². The summed E-state index contributed by atoms with van der Waals surface area (Å²) in [6, 6.07) is 2.11. The normalized spacial score (nSPS) is 10.9. The third kappa shape index (κ3) is 1.72. The standard InChI is InChI=1S/C12H15NOS/c1-5-14-10-6-7(2)8(3)11-12(10)15-9(4)13-11/h6H,5H2,1-4H3. The van der Waals surface area contributed by atoms with E-state index in [1.807, 2.05) is 13.8 Å². The van der Waals surface area contributed by atoms with Gasteiger partial charge in [0.15, 0.2) is 0 Å². The molecule has 1 heterocycles. The SMILES string of the molecule is CCOc1cc(C)c(C)c2nc(C)sc12. The van der Waals surface area contributed by atoms with E-state index in [1.54, 1.807) is 11.3 Å². The maximum Gasteiger partial charge on any atom is 0.139 e. The molecule has 0 spiro atoms. The summed E-state index contributed by atoms with van der Waals surface area (Å²) >= 11 is 1.71. The van der Waals surface area contributed by atoms with E-state index in [0.29, 0.717) is 6.61 Å². The molecule has 0 bridgehead atoms. The average Bonchev–Trinajstić information content (AvgIpc) is 2.57. The number of ether oxygens (including phenoxy) is 1. The molecule has 0 aliphatic carbocycles. The summed E-state index contributed by atoms with van der Waals surface area (Å²) in [4.78, 5) is 4.55. The lowest BCUT2D eigenvalue weighted by atomic mass is 10.1. The molecule has 0 radical (unpaired) electrons. The molecule has 0 aliphatic heterocycles. The highest BCUT2D eigenvalue weighted by Gasteiger charge is 2.11. The van der Waals surface area contributed by atoms with E-state index in [0.717, 1.165) is 16.3 Å². The van der Waals surface area contributed by atoms with Crippen LogP contribution in [0, 0.1) is 20.8 Å². The molecule has 0 atom stereocenters. The minimum atomic E-state index is 0.703. The predicted molar refractivity (Wildman–Crippen MR) is 65.0 cm³/mol. The van der Waals surface area contributed by atoms with Crippen molar-refractivity contribution in [3.8, 4) is 5.75 Å².